The second-order valence-electron chi connectivity index (χ2n) is 6.32. The predicted molar refractivity (Wildman–Crippen MR) is 77.5 cm³/mol. The van der Waals surface area contributed by atoms with E-state index < -0.39 is 16.3 Å². The van der Waals surface area contributed by atoms with Crippen molar-refractivity contribution in [3.05, 3.63) is 0 Å². The topological polar surface area (TPSA) is 0 Å². The van der Waals surface area contributed by atoms with Gasteiger partial charge < -0.3 is 0 Å². The highest BCUT2D eigenvalue weighted by molar-refractivity contribution is 9.43. The Labute approximate surface area is 81.6 Å². The van der Waals surface area contributed by atoms with Crippen molar-refractivity contribution in [2.45, 2.75) is 0 Å². The van der Waals surface area contributed by atoms with Crippen LogP contribution in [0.15, 0.2) is 0 Å². The zero-order chi connectivity index (χ0) is 10.4. The summed E-state index contributed by atoms with van der Waals surface area (Å²) in [6.45, 7) is 0. The quantitative estimate of drug-likeness (QED) is 0.549. The molecule has 0 aliphatic rings. The lowest BCUT2D eigenvalue weighted by Gasteiger charge is -2.71. The van der Waals surface area contributed by atoms with Crippen LogP contribution in [0.5, 0.6) is 0 Å². The van der Waals surface area contributed by atoms with Crippen molar-refractivity contribution in [1.29, 1.82) is 0 Å². The molecule has 12 heavy (non-hydrogen) atoms. The zero-order valence-electron chi connectivity index (χ0n) is 10.3. The first-order valence-corrected chi connectivity index (χ1v) is 14.6. The van der Waals surface area contributed by atoms with Crippen LogP contribution in [0.3, 0.4) is 0 Å². The van der Waals surface area contributed by atoms with E-state index in [1.807, 2.05) is 0 Å². The summed E-state index contributed by atoms with van der Waals surface area (Å²) in [4.78, 5) is 0. The Morgan fingerprint density at radius 2 is 0.917 bits per heavy atom. The van der Waals surface area contributed by atoms with Crippen molar-refractivity contribution in [2.24, 2.45) is 0 Å². The van der Waals surface area contributed by atoms with Gasteiger partial charge in [0.25, 0.3) is 0 Å². The first-order valence-electron chi connectivity index (χ1n) is 4.18. The van der Waals surface area contributed by atoms with E-state index in [-0.39, 0.29) is 9.06 Å². The molecule has 0 unspecified atom stereocenters. The van der Waals surface area contributed by atoms with Gasteiger partial charge in [-0.3, -0.25) is 8.19 Å². The minimum Gasteiger partial charge on any atom is -0.265 e. The van der Waals surface area contributed by atoms with Gasteiger partial charge in [0.05, 0.1) is 0 Å². The van der Waals surface area contributed by atoms with Crippen LogP contribution in [0.1, 0.15) is 0 Å². The molecule has 82 valence electrons. The molecule has 0 heterocycles. The molecule has 3 heteroatoms. The Morgan fingerprint density at radius 3 is 0.917 bits per heavy atom. The van der Waals surface area contributed by atoms with Crippen molar-refractivity contribution in [3.8, 4) is 0 Å². The van der Waals surface area contributed by atoms with Gasteiger partial charge in [-0.1, -0.05) is 0 Å². The Hall–Kier alpha value is 1.05. The minimum atomic E-state index is -1.36. The van der Waals surface area contributed by atoms with Gasteiger partial charge in [-0.15, -0.1) is 0 Å². The van der Waals surface area contributed by atoms with Gasteiger partial charge in [0.15, 0.2) is 0 Å². The van der Waals surface area contributed by atoms with Crippen LogP contribution in [-0.4, -0.2) is 56.3 Å². The van der Waals surface area contributed by atoms with Gasteiger partial charge in [0, 0.05) is 0 Å². The molecule has 0 fully saturated rings. The van der Waals surface area contributed by atoms with Crippen LogP contribution in [0, 0.1) is 0 Å². The zero-order valence-corrected chi connectivity index (χ0v) is 12.8. The average molecular weight is 233 g/mol. The molecule has 0 aromatic heterocycles. The monoisotopic (exact) mass is 232 g/mol. The standard InChI is InChI=1S/C9H28S3/c1-10(2,3)11(4,5)12(6,7,8)9/h12H,1-9H3. The van der Waals surface area contributed by atoms with Crippen molar-refractivity contribution in [1.82, 2.24) is 0 Å². The van der Waals surface area contributed by atoms with Crippen LogP contribution in [-0.2, 0) is 0 Å². The van der Waals surface area contributed by atoms with E-state index in [1.54, 1.807) is 0 Å². The highest BCUT2D eigenvalue weighted by Gasteiger charge is 2.39. The SMILES string of the molecule is CS(C)(C)S(C)(C)[SH](C)(C)(C)C. The molecule has 0 nitrogen and oxygen atoms in total. The molecule has 0 aliphatic carbocycles. The molecule has 0 aromatic rings. The van der Waals surface area contributed by atoms with Gasteiger partial charge in [-0.2, -0.15) is 8.09 Å². The highest BCUT2D eigenvalue weighted by atomic mass is 33.6. The van der Waals surface area contributed by atoms with Crippen molar-refractivity contribution < 1.29 is 0 Å². The van der Waals surface area contributed by atoms with E-state index in [1.165, 1.54) is 0 Å². The second-order valence-corrected chi connectivity index (χ2v) is 32.3. The lowest BCUT2D eigenvalue weighted by atomic mass is 11.8. The lowest BCUT2D eigenvalue weighted by Crippen LogP contribution is -2.21. The Kier molecular flexibility index (Phi) is 3.01. The third kappa shape index (κ3) is 2.30. The fourth-order valence-electron chi connectivity index (χ4n) is 0.894. The van der Waals surface area contributed by atoms with Crippen molar-refractivity contribution in [3.63, 3.8) is 0 Å². The van der Waals surface area contributed by atoms with Crippen LogP contribution in [0.4, 0.5) is 0 Å². The van der Waals surface area contributed by atoms with Gasteiger partial charge in [0.2, 0.25) is 0 Å². The van der Waals surface area contributed by atoms with Crippen LogP contribution >= 0.6 is 25.3 Å². The van der Waals surface area contributed by atoms with Gasteiger partial charge in [-0.05, 0) is 56.3 Å². The van der Waals surface area contributed by atoms with Crippen LogP contribution in [0.2, 0.25) is 0 Å². The molecular formula is C9H28S3. The maximum absolute atomic E-state index is 2.54. The fourth-order valence-corrected chi connectivity index (χ4v) is 24.1. The summed E-state index contributed by atoms with van der Waals surface area (Å²) in [6, 6.07) is 0. The van der Waals surface area contributed by atoms with E-state index in [4.69, 9.17) is 0 Å². The molecule has 0 saturated carbocycles. The fraction of sp³-hybridized carbons (Fsp3) is 1.00. The number of hydrogen-bond acceptors (Lipinski definition) is 0. The summed E-state index contributed by atoms with van der Waals surface area (Å²) in [6.07, 6.45) is 22.6. The summed E-state index contributed by atoms with van der Waals surface area (Å²) in [7, 11) is -2.14. The second kappa shape index (κ2) is 2.77. The normalized spacial score (nSPS) is 21.2. The largest absolute Gasteiger partial charge is 0.265 e. The first kappa shape index (κ1) is 13.1. The Bertz CT molecular complexity index is 169. The number of hydrogen-bond donors (Lipinski definition) is 1. The molecule has 0 N–H and O–H groups in total. The summed E-state index contributed by atoms with van der Waals surface area (Å²) >= 11 is 0. The van der Waals surface area contributed by atoms with Crippen LogP contribution in [0.25, 0.3) is 0 Å². The van der Waals surface area contributed by atoms with Gasteiger partial charge in [0.1, 0.15) is 0 Å². The highest BCUT2D eigenvalue weighted by Crippen LogP contribution is 2.97. The summed E-state index contributed by atoms with van der Waals surface area (Å²) in [5, 5.41) is 0. The van der Waals surface area contributed by atoms with Crippen molar-refractivity contribution in [2.75, 3.05) is 56.3 Å². The molecule has 0 spiro atoms. The van der Waals surface area contributed by atoms with E-state index >= 15 is 0 Å². The Morgan fingerprint density at radius 1 is 0.667 bits per heavy atom. The van der Waals surface area contributed by atoms with E-state index in [9.17, 15) is 0 Å². The molecule has 0 aromatic carbocycles. The molecular weight excluding hydrogens is 204 g/mol. The number of thiol groups is 1. The van der Waals surface area contributed by atoms with Crippen LogP contribution < -0.4 is 0 Å². The average Bonchev–Trinajstić information content (AvgIpc) is 1.55. The summed E-state index contributed by atoms with van der Waals surface area (Å²) < 4.78 is 0. The van der Waals surface area contributed by atoms with E-state index in [0.29, 0.717) is 0 Å². The smallest absolute Gasteiger partial charge is 0.0213 e. The Balaban J connectivity index is 5.15. The summed E-state index contributed by atoms with van der Waals surface area (Å²) in [5.41, 5.74) is 0. The van der Waals surface area contributed by atoms with E-state index in [2.05, 4.69) is 56.3 Å². The third-order valence-electron chi connectivity index (χ3n) is 2.98. The molecule has 0 amide bonds. The molecule has 0 bridgehead atoms. The maximum atomic E-state index is 2.54. The molecule has 0 saturated heterocycles. The number of rotatable bonds is 2. The maximum Gasteiger partial charge on any atom is -0.0213 e. The van der Waals surface area contributed by atoms with Gasteiger partial charge in [-0.25, -0.2) is 9.06 Å². The third-order valence-corrected chi connectivity index (χ3v) is 36.2. The predicted octanol–water partition coefficient (Wildman–Crippen LogP) is 3.17. The first-order chi connectivity index (χ1) is 4.76. The minimum absolute atomic E-state index is 0.377. The van der Waals surface area contributed by atoms with Crippen molar-refractivity contribution >= 4 is 25.3 Å². The molecule has 0 aliphatic heterocycles. The molecule has 0 radical (unpaired) electrons. The van der Waals surface area contributed by atoms with Gasteiger partial charge >= 0.3 is 0 Å². The van der Waals surface area contributed by atoms with E-state index in [0.717, 1.165) is 0 Å². The summed E-state index contributed by atoms with van der Waals surface area (Å²) in [5.74, 6) is 0. The molecule has 0 rings (SSSR count). The lowest BCUT2D eigenvalue weighted by molar-refractivity contribution is 1.99. The molecule has 0 atom stereocenters.